The monoisotopic (exact) mass is 1110 g/mol. The van der Waals surface area contributed by atoms with E-state index in [2.05, 4.69) is 9.97 Å². The predicted octanol–water partition coefficient (Wildman–Crippen LogP) is 4.63. The van der Waals surface area contributed by atoms with Crippen molar-refractivity contribution in [3.05, 3.63) is 148 Å². The second-order valence-electron chi connectivity index (χ2n) is 18.8. The molecule has 0 amide bonds. The highest BCUT2D eigenvalue weighted by molar-refractivity contribution is 7.47. The first kappa shape index (κ1) is 55.7. The molecule has 27 heteroatoms. The maximum atomic E-state index is 13.4. The maximum absolute atomic E-state index is 13.4. The number of aromatic amines is 2. The van der Waals surface area contributed by atoms with Crippen molar-refractivity contribution in [2.45, 2.75) is 108 Å². The normalized spacial score (nSPS) is 23.8. The molecule has 25 nitrogen and oxygen atoms in total. The summed E-state index contributed by atoms with van der Waals surface area (Å²) in [4.78, 5) is 87.1. The van der Waals surface area contributed by atoms with E-state index in [0.717, 1.165) is 9.13 Å². The Bertz CT molecular complexity index is 3140. The molecule has 2 fully saturated rings. The quantitative estimate of drug-likeness (QED) is 0.0278. The summed E-state index contributed by atoms with van der Waals surface area (Å²) in [5, 5.41) is 19.7. The number of carbonyl (C=O) groups is 1. The molecule has 77 heavy (non-hydrogen) atoms. The fraction of sp³-hybridized carbons (Fsp3) is 0.460. The van der Waals surface area contributed by atoms with Gasteiger partial charge in [-0.2, -0.15) is 0 Å². The predicted molar refractivity (Wildman–Crippen MR) is 268 cm³/mol. The SMILES string of the molecule is Cc1cn([C@H]2C[C@H](OP(=O)(O)OCCCCCOc3ccc4c(c3)Oc3cc(OCCCCCOP(=O)(O)O[C@H]5C[C@H](n6cc(C)c(=O)[nH]c6=O)O[C@@H]5CO)ccc3C43OC(=O)c4ccccc43)[C@@H](CO)O2)c(=O)[nH]c1=O. The number of hydrogen-bond acceptors (Lipinski definition) is 19. The van der Waals surface area contributed by atoms with Gasteiger partial charge in [-0.1, -0.05) is 18.2 Å². The minimum atomic E-state index is -4.61. The Kier molecular flexibility index (Phi) is 17.0. The number of aliphatic hydroxyl groups excluding tert-OH is 2. The van der Waals surface area contributed by atoms with Crippen molar-refractivity contribution in [3.8, 4) is 23.0 Å². The van der Waals surface area contributed by atoms with Gasteiger partial charge in [0.15, 0.2) is 5.60 Å². The molecule has 8 atom stereocenters. The molecule has 0 radical (unpaired) electrons. The van der Waals surface area contributed by atoms with Gasteiger partial charge in [-0.3, -0.25) is 46.8 Å². The van der Waals surface area contributed by atoms with Gasteiger partial charge >= 0.3 is 33.0 Å². The average Bonchev–Trinajstić information content (AvgIpc) is 4.26. The van der Waals surface area contributed by atoms with E-state index in [-0.39, 0.29) is 50.4 Å². The lowest BCUT2D eigenvalue weighted by atomic mass is 9.77. The molecule has 414 valence electrons. The molecule has 4 aliphatic rings. The zero-order valence-corrected chi connectivity index (χ0v) is 43.6. The lowest BCUT2D eigenvalue weighted by Crippen LogP contribution is -2.33. The minimum Gasteiger partial charge on any atom is -0.493 e. The van der Waals surface area contributed by atoms with Crippen molar-refractivity contribution in [1.29, 1.82) is 0 Å². The average molecular weight is 1110 g/mol. The molecule has 6 N–H and O–H groups in total. The summed E-state index contributed by atoms with van der Waals surface area (Å²) in [6.07, 6.45) is -0.810. The molecule has 1 spiro atoms. The first-order valence-electron chi connectivity index (χ1n) is 24.9. The maximum Gasteiger partial charge on any atom is 0.472 e. The first-order chi connectivity index (χ1) is 36.9. The Morgan fingerprint density at radius 1 is 0.623 bits per heavy atom. The van der Waals surface area contributed by atoms with Crippen LogP contribution in [-0.2, 0) is 47.0 Å². The van der Waals surface area contributed by atoms with E-state index >= 15 is 0 Å². The lowest BCUT2D eigenvalue weighted by Gasteiger charge is -2.36. The van der Waals surface area contributed by atoms with E-state index in [1.165, 1.54) is 26.2 Å². The number of esters is 1. The van der Waals surface area contributed by atoms with Crippen molar-refractivity contribution in [3.63, 3.8) is 0 Å². The highest BCUT2D eigenvalue weighted by atomic mass is 31.2. The molecule has 2 saturated heterocycles. The van der Waals surface area contributed by atoms with E-state index in [1.54, 1.807) is 48.5 Å². The third-order valence-corrected chi connectivity index (χ3v) is 15.5. The topological polar surface area (TPSA) is 334 Å². The van der Waals surface area contributed by atoms with Crippen LogP contribution in [0.15, 0.2) is 92.2 Å². The van der Waals surface area contributed by atoms with Crippen LogP contribution in [0.1, 0.15) is 102 Å². The number of phosphoric ester groups is 2. The second kappa shape index (κ2) is 23.5. The number of H-pyrrole nitrogens is 2. The van der Waals surface area contributed by atoms with E-state index < -0.39 is 99.8 Å². The number of benzene rings is 3. The third-order valence-electron chi connectivity index (χ3n) is 13.5. The largest absolute Gasteiger partial charge is 0.493 e. The summed E-state index contributed by atoms with van der Waals surface area (Å²) in [5.41, 5.74) is -1.24. The van der Waals surface area contributed by atoms with Crippen molar-refractivity contribution in [2.75, 3.05) is 39.6 Å². The lowest BCUT2D eigenvalue weighted by molar-refractivity contribution is -0.0464. The molecule has 0 bridgehead atoms. The molecule has 2 aromatic heterocycles. The minimum absolute atomic E-state index is 0.0681. The van der Waals surface area contributed by atoms with Gasteiger partial charge in [0.2, 0.25) is 0 Å². The molecule has 0 saturated carbocycles. The Morgan fingerprint density at radius 2 is 1.08 bits per heavy atom. The number of aromatic nitrogens is 4. The molecule has 0 aliphatic carbocycles. The molecule has 4 aliphatic heterocycles. The molecule has 2 unspecified atom stereocenters. The van der Waals surface area contributed by atoms with Gasteiger partial charge in [0.05, 0.1) is 45.2 Å². The van der Waals surface area contributed by atoms with Crippen molar-refractivity contribution in [2.24, 2.45) is 0 Å². The number of nitrogens with one attached hydrogen (secondary N) is 2. The van der Waals surface area contributed by atoms with Crippen molar-refractivity contribution in [1.82, 2.24) is 19.1 Å². The van der Waals surface area contributed by atoms with Gasteiger partial charge in [0.25, 0.3) is 11.1 Å². The fourth-order valence-corrected chi connectivity index (χ4v) is 11.6. The van der Waals surface area contributed by atoms with Crippen molar-refractivity contribution < 1.29 is 80.4 Å². The number of unbranched alkanes of at least 4 members (excludes halogenated alkanes) is 4. The summed E-state index contributed by atoms with van der Waals surface area (Å²) in [5.74, 6) is 1.18. The van der Waals surface area contributed by atoms with Crippen molar-refractivity contribution >= 4 is 21.6 Å². The summed E-state index contributed by atoms with van der Waals surface area (Å²) >= 11 is 0. The number of fused-ring (bicyclic) bond motifs is 6. The molecule has 6 heterocycles. The molecule has 9 rings (SSSR count). The van der Waals surface area contributed by atoms with E-state index in [0.29, 0.717) is 83.8 Å². The Balaban J connectivity index is 0.746. The number of aliphatic hydroxyl groups is 2. The summed E-state index contributed by atoms with van der Waals surface area (Å²) in [6.45, 7) is 2.15. The van der Waals surface area contributed by atoms with Crippen LogP contribution >= 0.6 is 15.6 Å². The molecular formula is C50H58N4O21P2. The van der Waals surface area contributed by atoms with Gasteiger partial charge < -0.3 is 48.4 Å². The summed E-state index contributed by atoms with van der Waals surface area (Å²) in [6, 6.07) is 17.6. The van der Waals surface area contributed by atoms with Crippen LogP contribution in [0.5, 0.6) is 23.0 Å². The number of hydrogen-bond donors (Lipinski definition) is 6. The smallest absolute Gasteiger partial charge is 0.472 e. The standard InChI is InChI=1S/C50H58N4O21P2/c1-29-25-53(48(60)51-45(29)57)43-23-39(41(27-55)71-43)74-76(62,63)68-19-9-3-7-17-66-31-13-15-35-37(21-31)70-38-22-32(14-16-36(38)50(35)34-12-6-5-11-33(34)47(59)73-50)67-18-8-4-10-20-69-77(64,65)75-40-24-44(72-42(40)28-56)54-26-30(2)46(58)52-49(54)61/h5-6,11-16,21-22,25-26,39-44,55-56H,3-4,7-10,17-20,23-24,27-28H2,1-2H3,(H,62,63)(H,64,65)(H,51,57,60)(H,52,58,61)/t39-,40-,41+,42+,43+,44+/m0/s1. The number of aryl methyl sites for hydroxylation is 2. The Hall–Kier alpha value is -6.05. The Labute approximate surface area is 438 Å². The van der Waals surface area contributed by atoms with Crippen LogP contribution in [0.2, 0.25) is 0 Å². The molecule has 3 aromatic carbocycles. The van der Waals surface area contributed by atoms with Crippen LogP contribution < -0.4 is 36.7 Å². The van der Waals surface area contributed by atoms with Gasteiger partial charge in [0, 0.05) is 65.2 Å². The van der Waals surface area contributed by atoms with E-state index in [1.807, 2.05) is 12.1 Å². The van der Waals surface area contributed by atoms with Gasteiger partial charge in [-0.25, -0.2) is 23.5 Å². The summed E-state index contributed by atoms with van der Waals surface area (Å²) < 4.78 is 85.4. The fourth-order valence-electron chi connectivity index (χ4n) is 9.61. The highest BCUT2D eigenvalue weighted by Crippen LogP contribution is 2.57. The number of nitrogens with zero attached hydrogens (tertiary/aromatic N) is 2. The molecular weight excluding hydrogens is 1050 g/mol. The van der Waals surface area contributed by atoms with Crippen LogP contribution in [0, 0.1) is 13.8 Å². The van der Waals surface area contributed by atoms with Crippen LogP contribution in [0.25, 0.3) is 0 Å². The third kappa shape index (κ3) is 12.3. The highest BCUT2D eigenvalue weighted by Gasteiger charge is 2.54. The van der Waals surface area contributed by atoms with Gasteiger partial charge in [-0.05, 0) is 82.7 Å². The first-order valence-corrected chi connectivity index (χ1v) is 27.9. The number of ether oxygens (including phenoxy) is 6. The number of phosphoric acid groups is 2. The van der Waals surface area contributed by atoms with Crippen LogP contribution in [-0.4, -0.2) is 109 Å². The number of rotatable bonds is 24. The summed E-state index contributed by atoms with van der Waals surface area (Å²) in [7, 11) is -9.22. The van der Waals surface area contributed by atoms with Crippen LogP contribution in [0.4, 0.5) is 0 Å². The van der Waals surface area contributed by atoms with Crippen LogP contribution in [0.3, 0.4) is 0 Å². The number of carbonyl (C=O) groups excluding carboxylic acids is 1. The van der Waals surface area contributed by atoms with E-state index in [9.17, 15) is 53.1 Å². The zero-order chi connectivity index (χ0) is 54.6. The van der Waals surface area contributed by atoms with E-state index in [4.69, 9.17) is 46.5 Å². The molecule has 5 aromatic rings. The van der Waals surface area contributed by atoms with Gasteiger partial charge in [-0.15, -0.1) is 0 Å². The zero-order valence-electron chi connectivity index (χ0n) is 41.8. The van der Waals surface area contributed by atoms with Gasteiger partial charge in [0.1, 0.15) is 59.9 Å². The Morgan fingerprint density at radius 3 is 1.55 bits per heavy atom. The second-order valence-corrected chi connectivity index (χ2v) is 21.6.